The van der Waals surface area contributed by atoms with Gasteiger partial charge >= 0.3 is 11.9 Å². The fraction of sp³-hybridized carbons (Fsp3) is 0.0588. The zero-order valence-electron chi connectivity index (χ0n) is 11.8. The molecule has 0 saturated carbocycles. The average molecular weight is 300 g/mol. The highest BCUT2D eigenvalue weighted by molar-refractivity contribution is 6.01. The van der Waals surface area contributed by atoms with Crippen LogP contribution in [-0.2, 0) is 6.42 Å². The molecule has 0 aliphatic heterocycles. The Labute approximate surface area is 127 Å². The van der Waals surface area contributed by atoms with Gasteiger partial charge in [0.2, 0.25) is 0 Å². The summed E-state index contributed by atoms with van der Waals surface area (Å²) in [4.78, 5) is 20.9. The van der Waals surface area contributed by atoms with Crippen molar-refractivity contribution in [2.45, 2.75) is 6.42 Å². The summed E-state index contributed by atoms with van der Waals surface area (Å²) in [6, 6.07) is 12.7. The van der Waals surface area contributed by atoms with Crippen molar-refractivity contribution < 1.29 is 24.9 Å². The van der Waals surface area contributed by atoms with E-state index in [0.717, 1.165) is 12.0 Å². The van der Waals surface area contributed by atoms with Crippen LogP contribution in [0.15, 0.2) is 61.2 Å². The summed E-state index contributed by atoms with van der Waals surface area (Å²) in [6.45, 7) is 3.59. The van der Waals surface area contributed by atoms with Crippen LogP contribution in [0.5, 0.6) is 5.75 Å². The van der Waals surface area contributed by atoms with Crippen molar-refractivity contribution in [2.24, 2.45) is 0 Å². The number of carboxylic acids is 2. The number of carboxylic acid groups (broad SMARTS) is 2. The van der Waals surface area contributed by atoms with E-state index in [1.807, 2.05) is 18.2 Å². The first-order valence-electron chi connectivity index (χ1n) is 6.40. The molecular formula is C17H16O5. The van der Waals surface area contributed by atoms with Gasteiger partial charge in [0, 0.05) is 0 Å². The molecule has 0 radical (unpaired) electrons. The van der Waals surface area contributed by atoms with E-state index in [9.17, 15) is 14.7 Å². The number of carbonyl (C=O) groups is 2. The van der Waals surface area contributed by atoms with Gasteiger partial charge in [0.05, 0.1) is 11.1 Å². The molecule has 5 nitrogen and oxygen atoms in total. The van der Waals surface area contributed by atoms with Gasteiger partial charge in [-0.15, -0.1) is 6.58 Å². The van der Waals surface area contributed by atoms with Crippen LogP contribution in [0.25, 0.3) is 0 Å². The van der Waals surface area contributed by atoms with Crippen molar-refractivity contribution >= 4 is 11.9 Å². The molecule has 0 aliphatic rings. The molecule has 0 atom stereocenters. The highest BCUT2D eigenvalue weighted by atomic mass is 16.4. The van der Waals surface area contributed by atoms with Crippen molar-refractivity contribution in [3.05, 3.63) is 77.9 Å². The average Bonchev–Trinajstić information content (AvgIpc) is 2.50. The Morgan fingerprint density at radius 3 is 1.77 bits per heavy atom. The maximum atomic E-state index is 10.5. The highest BCUT2D eigenvalue weighted by Crippen LogP contribution is 2.15. The number of phenols is 1. The predicted molar refractivity (Wildman–Crippen MR) is 82.4 cm³/mol. The molecule has 0 spiro atoms. The fourth-order valence-electron chi connectivity index (χ4n) is 1.70. The minimum Gasteiger partial charge on any atom is -0.508 e. The Morgan fingerprint density at radius 1 is 0.909 bits per heavy atom. The lowest BCUT2D eigenvalue weighted by atomic mass is 10.1. The molecule has 114 valence electrons. The quantitative estimate of drug-likeness (QED) is 0.754. The summed E-state index contributed by atoms with van der Waals surface area (Å²) in [7, 11) is 0. The number of para-hydroxylation sites is 1. The van der Waals surface area contributed by atoms with Gasteiger partial charge in [-0.3, -0.25) is 0 Å². The highest BCUT2D eigenvalue weighted by Gasteiger charge is 2.13. The van der Waals surface area contributed by atoms with Gasteiger partial charge in [-0.1, -0.05) is 36.4 Å². The Bertz CT molecular complexity index is 643. The zero-order chi connectivity index (χ0) is 16.5. The number of benzene rings is 2. The molecule has 0 heterocycles. The normalized spacial score (nSPS) is 9.27. The van der Waals surface area contributed by atoms with Gasteiger partial charge in [-0.25, -0.2) is 9.59 Å². The molecule has 0 amide bonds. The van der Waals surface area contributed by atoms with Gasteiger partial charge in [-0.05, 0) is 30.2 Å². The van der Waals surface area contributed by atoms with Crippen LogP contribution in [0.3, 0.4) is 0 Å². The van der Waals surface area contributed by atoms with Crippen LogP contribution in [0.2, 0.25) is 0 Å². The molecule has 2 rings (SSSR count). The predicted octanol–water partition coefficient (Wildman–Crippen LogP) is 3.20. The molecular weight excluding hydrogens is 284 g/mol. The van der Waals surface area contributed by atoms with Crippen molar-refractivity contribution in [3.63, 3.8) is 0 Å². The van der Waals surface area contributed by atoms with Gasteiger partial charge in [0.1, 0.15) is 5.75 Å². The first kappa shape index (κ1) is 17.0. The third-order valence-corrected chi connectivity index (χ3v) is 2.74. The minimum atomic E-state index is -1.23. The second-order valence-corrected chi connectivity index (χ2v) is 4.28. The number of hydrogen-bond donors (Lipinski definition) is 3. The summed E-state index contributed by atoms with van der Waals surface area (Å²) < 4.78 is 0. The second-order valence-electron chi connectivity index (χ2n) is 4.28. The minimum absolute atomic E-state index is 0.190. The van der Waals surface area contributed by atoms with E-state index in [-0.39, 0.29) is 11.1 Å². The standard InChI is InChI=1S/C9H10O.C8H6O4/c1-2-5-8-6-3-4-7-9(8)10;9-7(10)5-3-1-2-4-6(5)8(11)12/h2-4,6-7,10H,1,5H2;1-4H,(H,9,10)(H,11,12). The maximum absolute atomic E-state index is 10.5. The van der Waals surface area contributed by atoms with E-state index >= 15 is 0 Å². The first-order valence-corrected chi connectivity index (χ1v) is 6.40. The molecule has 2 aromatic carbocycles. The van der Waals surface area contributed by atoms with Crippen LogP contribution in [0, 0.1) is 0 Å². The van der Waals surface area contributed by atoms with Gasteiger partial charge in [-0.2, -0.15) is 0 Å². The molecule has 22 heavy (non-hydrogen) atoms. The fourth-order valence-corrected chi connectivity index (χ4v) is 1.70. The van der Waals surface area contributed by atoms with Crippen LogP contribution in [-0.4, -0.2) is 27.3 Å². The Morgan fingerprint density at radius 2 is 1.36 bits per heavy atom. The number of rotatable bonds is 4. The Kier molecular flexibility index (Phi) is 6.37. The molecule has 0 unspecified atom stereocenters. The van der Waals surface area contributed by atoms with E-state index in [0.29, 0.717) is 5.75 Å². The van der Waals surface area contributed by atoms with Crippen LogP contribution in [0.1, 0.15) is 26.3 Å². The van der Waals surface area contributed by atoms with Gasteiger partial charge < -0.3 is 15.3 Å². The van der Waals surface area contributed by atoms with Gasteiger partial charge in [0.15, 0.2) is 0 Å². The number of aromatic hydroxyl groups is 1. The Hall–Kier alpha value is -3.08. The van der Waals surface area contributed by atoms with Gasteiger partial charge in [0.25, 0.3) is 0 Å². The molecule has 0 fully saturated rings. The summed E-state index contributed by atoms with van der Waals surface area (Å²) in [5, 5.41) is 26.3. The van der Waals surface area contributed by atoms with Crippen LogP contribution >= 0.6 is 0 Å². The molecule has 0 aliphatic carbocycles. The lowest BCUT2D eigenvalue weighted by Gasteiger charge is -1.98. The van der Waals surface area contributed by atoms with Crippen molar-refractivity contribution in [1.82, 2.24) is 0 Å². The van der Waals surface area contributed by atoms with Crippen LogP contribution in [0.4, 0.5) is 0 Å². The van der Waals surface area contributed by atoms with E-state index in [1.165, 1.54) is 24.3 Å². The summed E-state index contributed by atoms with van der Waals surface area (Å²) in [5.74, 6) is -2.11. The molecule has 3 N–H and O–H groups in total. The monoisotopic (exact) mass is 300 g/mol. The number of aromatic carboxylic acids is 2. The Balaban J connectivity index is 0.000000224. The third-order valence-electron chi connectivity index (χ3n) is 2.74. The third kappa shape index (κ3) is 4.79. The summed E-state index contributed by atoms with van der Waals surface area (Å²) in [5.41, 5.74) is 0.549. The van der Waals surface area contributed by atoms with Crippen molar-refractivity contribution in [2.75, 3.05) is 0 Å². The molecule has 0 bridgehead atoms. The largest absolute Gasteiger partial charge is 0.508 e. The molecule has 0 aromatic heterocycles. The van der Waals surface area contributed by atoms with Crippen molar-refractivity contribution in [3.8, 4) is 5.75 Å². The SMILES string of the molecule is C=CCc1ccccc1O.O=C(O)c1ccccc1C(=O)O. The number of hydrogen-bond acceptors (Lipinski definition) is 3. The zero-order valence-corrected chi connectivity index (χ0v) is 11.8. The van der Waals surface area contributed by atoms with E-state index in [2.05, 4.69) is 6.58 Å². The van der Waals surface area contributed by atoms with Crippen LogP contribution < -0.4 is 0 Å². The topological polar surface area (TPSA) is 94.8 Å². The summed E-state index contributed by atoms with van der Waals surface area (Å²) in [6.07, 6.45) is 2.50. The molecule has 5 heteroatoms. The lowest BCUT2D eigenvalue weighted by molar-refractivity contribution is 0.0651. The van der Waals surface area contributed by atoms with Crippen molar-refractivity contribution in [1.29, 1.82) is 0 Å². The van der Waals surface area contributed by atoms with E-state index in [1.54, 1.807) is 12.1 Å². The molecule has 2 aromatic rings. The molecule has 0 saturated heterocycles. The summed E-state index contributed by atoms with van der Waals surface area (Å²) >= 11 is 0. The van der Waals surface area contributed by atoms with E-state index < -0.39 is 11.9 Å². The lowest BCUT2D eigenvalue weighted by Crippen LogP contribution is -2.06. The number of allylic oxidation sites excluding steroid dienone is 1. The second kappa shape index (κ2) is 8.26. The van der Waals surface area contributed by atoms with E-state index in [4.69, 9.17) is 10.2 Å². The first-order chi connectivity index (χ1) is 10.5. The maximum Gasteiger partial charge on any atom is 0.336 e. The smallest absolute Gasteiger partial charge is 0.336 e. The number of phenolic OH excluding ortho intramolecular Hbond substituents is 1.